The molecule has 0 spiro atoms. The molecule has 5 nitrogen and oxygen atoms in total. The van der Waals surface area contributed by atoms with Crippen molar-refractivity contribution in [1.29, 1.82) is 0 Å². The quantitative estimate of drug-likeness (QED) is 0.803. The summed E-state index contributed by atoms with van der Waals surface area (Å²) in [7, 11) is 0. The van der Waals surface area contributed by atoms with Crippen LogP contribution in [0.15, 0.2) is 41.1 Å². The molecule has 6 heteroatoms. The first kappa shape index (κ1) is 17.5. The lowest BCUT2D eigenvalue weighted by molar-refractivity contribution is -0.127. The molecule has 0 aliphatic heterocycles. The van der Waals surface area contributed by atoms with Crippen molar-refractivity contribution in [3.63, 3.8) is 0 Å². The Balaban J connectivity index is 1.80. The molecule has 2 aromatic rings. The maximum atomic E-state index is 12.2. The summed E-state index contributed by atoms with van der Waals surface area (Å²) in [5, 5.41) is 7.09. The Morgan fingerprint density at radius 1 is 1.43 bits per heavy atom. The summed E-state index contributed by atoms with van der Waals surface area (Å²) in [4.78, 5) is 12.2. The molecule has 1 aromatic heterocycles. The molecule has 0 saturated carbocycles. The molecule has 2 atom stereocenters. The number of halogens is 1. The Morgan fingerprint density at radius 3 is 2.87 bits per heavy atom. The number of nitrogens with one attached hydrogen (secondary N) is 1. The second kappa shape index (κ2) is 8.15. The number of rotatable bonds is 7. The SMILES string of the molecule is Cc1ccc(OC(C)C(=O)NCC(C)Cn2cccn2)c(Br)c1. The van der Waals surface area contributed by atoms with Crippen molar-refractivity contribution in [1.82, 2.24) is 15.1 Å². The maximum Gasteiger partial charge on any atom is 0.260 e. The average Bonchev–Trinajstić information content (AvgIpc) is 3.00. The summed E-state index contributed by atoms with van der Waals surface area (Å²) in [5.74, 6) is 0.838. The van der Waals surface area contributed by atoms with Crippen LogP contribution in [0.1, 0.15) is 19.4 Å². The van der Waals surface area contributed by atoms with E-state index < -0.39 is 6.10 Å². The Hall–Kier alpha value is -1.82. The largest absolute Gasteiger partial charge is 0.480 e. The Morgan fingerprint density at radius 2 is 2.22 bits per heavy atom. The summed E-state index contributed by atoms with van der Waals surface area (Å²) in [6, 6.07) is 7.67. The van der Waals surface area contributed by atoms with Gasteiger partial charge in [0, 0.05) is 25.5 Å². The van der Waals surface area contributed by atoms with Gasteiger partial charge in [0.2, 0.25) is 0 Å². The van der Waals surface area contributed by atoms with Crippen LogP contribution in [-0.2, 0) is 11.3 Å². The molecule has 0 aliphatic rings. The van der Waals surface area contributed by atoms with Gasteiger partial charge in [-0.05, 0) is 59.5 Å². The zero-order valence-electron chi connectivity index (χ0n) is 13.6. The second-order valence-corrected chi connectivity index (χ2v) is 6.63. The number of hydrogen-bond donors (Lipinski definition) is 1. The van der Waals surface area contributed by atoms with Crippen LogP contribution in [0, 0.1) is 12.8 Å². The molecule has 0 saturated heterocycles. The Kier molecular flexibility index (Phi) is 6.21. The maximum absolute atomic E-state index is 12.2. The number of nitrogens with zero attached hydrogens (tertiary/aromatic N) is 2. The molecule has 1 heterocycles. The van der Waals surface area contributed by atoms with Crippen LogP contribution in [0.3, 0.4) is 0 Å². The third-order valence-corrected chi connectivity index (χ3v) is 4.06. The lowest BCUT2D eigenvalue weighted by atomic mass is 10.2. The first-order valence-electron chi connectivity index (χ1n) is 7.63. The average molecular weight is 380 g/mol. The topological polar surface area (TPSA) is 56.1 Å². The minimum atomic E-state index is -0.550. The van der Waals surface area contributed by atoms with E-state index in [1.165, 1.54) is 0 Å². The fourth-order valence-corrected chi connectivity index (χ4v) is 2.74. The zero-order chi connectivity index (χ0) is 16.8. The normalized spacial score (nSPS) is 13.4. The van der Waals surface area contributed by atoms with Gasteiger partial charge in [-0.1, -0.05) is 13.0 Å². The molecule has 23 heavy (non-hydrogen) atoms. The van der Waals surface area contributed by atoms with E-state index in [0.717, 1.165) is 16.6 Å². The first-order chi connectivity index (χ1) is 11.0. The standard InChI is InChI=1S/C17H22BrN3O2/c1-12-5-6-16(15(18)9-12)23-14(3)17(22)19-10-13(2)11-21-8-4-7-20-21/h4-9,13-14H,10-11H2,1-3H3,(H,19,22). The van der Waals surface area contributed by atoms with E-state index in [1.807, 2.05) is 42.1 Å². The minimum Gasteiger partial charge on any atom is -0.480 e. The van der Waals surface area contributed by atoms with Gasteiger partial charge in [0.05, 0.1) is 4.47 Å². The molecule has 1 amide bonds. The highest BCUT2D eigenvalue weighted by Crippen LogP contribution is 2.26. The fourth-order valence-electron chi connectivity index (χ4n) is 2.16. The van der Waals surface area contributed by atoms with E-state index in [1.54, 1.807) is 13.1 Å². The van der Waals surface area contributed by atoms with Gasteiger partial charge < -0.3 is 10.1 Å². The van der Waals surface area contributed by atoms with Crippen LogP contribution >= 0.6 is 15.9 Å². The highest BCUT2D eigenvalue weighted by atomic mass is 79.9. The third kappa shape index (κ3) is 5.39. The van der Waals surface area contributed by atoms with Gasteiger partial charge in [-0.15, -0.1) is 0 Å². The molecule has 1 aromatic carbocycles. The van der Waals surface area contributed by atoms with Crippen molar-refractivity contribution in [2.45, 2.75) is 33.4 Å². The van der Waals surface area contributed by atoms with Crippen LogP contribution in [0.4, 0.5) is 0 Å². The van der Waals surface area contributed by atoms with Crippen LogP contribution in [0.5, 0.6) is 5.75 Å². The van der Waals surface area contributed by atoms with Crippen LogP contribution in [-0.4, -0.2) is 28.3 Å². The summed E-state index contributed by atoms with van der Waals surface area (Å²) >= 11 is 3.45. The highest BCUT2D eigenvalue weighted by molar-refractivity contribution is 9.10. The smallest absolute Gasteiger partial charge is 0.260 e. The number of aromatic nitrogens is 2. The summed E-state index contributed by atoms with van der Waals surface area (Å²) in [5.41, 5.74) is 1.13. The first-order valence-corrected chi connectivity index (χ1v) is 8.43. The van der Waals surface area contributed by atoms with Crippen molar-refractivity contribution >= 4 is 21.8 Å². The molecule has 124 valence electrons. The lowest BCUT2D eigenvalue weighted by Gasteiger charge is -2.18. The molecular weight excluding hydrogens is 358 g/mol. The van der Waals surface area contributed by atoms with Crippen molar-refractivity contribution in [3.8, 4) is 5.75 Å². The highest BCUT2D eigenvalue weighted by Gasteiger charge is 2.16. The molecular formula is C17H22BrN3O2. The zero-order valence-corrected chi connectivity index (χ0v) is 15.2. The van der Waals surface area contributed by atoms with Gasteiger partial charge >= 0.3 is 0 Å². The minimum absolute atomic E-state index is 0.121. The molecule has 0 bridgehead atoms. The van der Waals surface area contributed by atoms with E-state index in [9.17, 15) is 4.79 Å². The van der Waals surface area contributed by atoms with E-state index in [0.29, 0.717) is 12.3 Å². The number of carbonyl (C=O) groups excluding carboxylic acids is 1. The number of aryl methyl sites for hydroxylation is 1. The molecule has 2 rings (SSSR count). The monoisotopic (exact) mass is 379 g/mol. The van der Waals surface area contributed by atoms with Crippen LogP contribution in [0.25, 0.3) is 0 Å². The van der Waals surface area contributed by atoms with E-state index >= 15 is 0 Å². The van der Waals surface area contributed by atoms with Crippen molar-refractivity contribution < 1.29 is 9.53 Å². The summed E-state index contributed by atoms with van der Waals surface area (Å²) in [6.07, 6.45) is 3.12. The van der Waals surface area contributed by atoms with Crippen LogP contribution < -0.4 is 10.1 Å². The lowest BCUT2D eigenvalue weighted by Crippen LogP contribution is -2.39. The van der Waals surface area contributed by atoms with E-state index in [4.69, 9.17) is 4.74 Å². The van der Waals surface area contributed by atoms with Gasteiger partial charge in [-0.25, -0.2) is 0 Å². The molecule has 0 fully saturated rings. The number of amides is 1. The number of ether oxygens (including phenoxy) is 1. The second-order valence-electron chi connectivity index (χ2n) is 5.77. The Labute approximate surface area is 145 Å². The van der Waals surface area contributed by atoms with Gasteiger partial charge in [0.25, 0.3) is 5.91 Å². The summed E-state index contributed by atoms with van der Waals surface area (Å²) < 4.78 is 8.44. The molecule has 2 unspecified atom stereocenters. The molecule has 1 N–H and O–H groups in total. The van der Waals surface area contributed by atoms with Gasteiger partial charge in [-0.3, -0.25) is 9.48 Å². The third-order valence-electron chi connectivity index (χ3n) is 3.44. The molecule has 0 radical (unpaired) electrons. The van der Waals surface area contributed by atoms with Crippen molar-refractivity contribution in [3.05, 3.63) is 46.7 Å². The number of benzene rings is 1. The molecule has 0 aliphatic carbocycles. The van der Waals surface area contributed by atoms with Crippen LogP contribution in [0.2, 0.25) is 0 Å². The fraction of sp³-hybridized carbons (Fsp3) is 0.412. The summed E-state index contributed by atoms with van der Waals surface area (Å²) in [6.45, 7) is 7.18. The van der Waals surface area contributed by atoms with E-state index in [2.05, 4.69) is 33.3 Å². The van der Waals surface area contributed by atoms with Gasteiger partial charge in [-0.2, -0.15) is 5.10 Å². The predicted octanol–water partition coefficient (Wildman–Crippen LogP) is 3.17. The Bertz CT molecular complexity index is 643. The predicted molar refractivity (Wildman–Crippen MR) is 93.4 cm³/mol. The van der Waals surface area contributed by atoms with Crippen molar-refractivity contribution in [2.24, 2.45) is 5.92 Å². The van der Waals surface area contributed by atoms with Gasteiger partial charge in [0.15, 0.2) is 6.10 Å². The number of carbonyl (C=O) groups is 1. The van der Waals surface area contributed by atoms with Crippen molar-refractivity contribution in [2.75, 3.05) is 6.54 Å². The van der Waals surface area contributed by atoms with Gasteiger partial charge in [0.1, 0.15) is 5.75 Å². The van der Waals surface area contributed by atoms with E-state index in [-0.39, 0.29) is 11.8 Å². The number of hydrogen-bond acceptors (Lipinski definition) is 3.